The molecular weight excluding hydrogens is 387 g/mol. The zero-order valence-electron chi connectivity index (χ0n) is 16.7. The third-order valence-electron chi connectivity index (χ3n) is 4.64. The molecule has 8 heteroatoms. The molecule has 0 spiro atoms. The van der Waals surface area contributed by atoms with Crippen molar-refractivity contribution >= 4 is 34.3 Å². The second-order valence-corrected chi connectivity index (χ2v) is 7.07. The van der Waals surface area contributed by atoms with Gasteiger partial charge in [0, 0.05) is 43.2 Å². The van der Waals surface area contributed by atoms with Gasteiger partial charge < -0.3 is 20.5 Å². The number of carbonyl (C=O) groups excluding carboxylic acids is 3. The number of anilines is 1. The topological polar surface area (TPSA) is 94.3 Å². The maximum absolute atomic E-state index is 13.3. The highest BCUT2D eigenvalue weighted by atomic mass is 19.1. The van der Waals surface area contributed by atoms with E-state index in [1.807, 2.05) is 30.5 Å². The molecule has 3 N–H and O–H groups in total. The minimum absolute atomic E-state index is 0.237. The predicted octanol–water partition coefficient (Wildman–Crippen LogP) is 2.45. The van der Waals surface area contributed by atoms with Gasteiger partial charge in [-0.05, 0) is 29.8 Å². The molecule has 30 heavy (non-hydrogen) atoms. The van der Waals surface area contributed by atoms with Crippen LogP contribution >= 0.6 is 0 Å². The number of nitrogens with one attached hydrogen (secondary N) is 3. The Morgan fingerprint density at radius 2 is 1.90 bits per heavy atom. The van der Waals surface area contributed by atoms with E-state index < -0.39 is 23.7 Å². The lowest BCUT2D eigenvalue weighted by molar-refractivity contribution is -0.137. The van der Waals surface area contributed by atoms with Gasteiger partial charge in [-0.3, -0.25) is 14.4 Å². The zero-order chi connectivity index (χ0) is 21.7. The van der Waals surface area contributed by atoms with Crippen molar-refractivity contribution in [3.05, 3.63) is 66.1 Å². The van der Waals surface area contributed by atoms with Crippen LogP contribution in [0.2, 0.25) is 0 Å². The quantitative estimate of drug-likeness (QED) is 0.558. The van der Waals surface area contributed by atoms with Gasteiger partial charge in [0.1, 0.15) is 11.9 Å². The highest BCUT2D eigenvalue weighted by molar-refractivity contribution is 5.96. The van der Waals surface area contributed by atoms with E-state index in [0.717, 1.165) is 16.5 Å². The summed E-state index contributed by atoms with van der Waals surface area (Å²) >= 11 is 0. The molecule has 1 atom stereocenters. The molecule has 3 amide bonds. The number of para-hydroxylation sites is 1. The molecule has 156 valence electrons. The van der Waals surface area contributed by atoms with Crippen LogP contribution in [-0.2, 0) is 20.8 Å². The number of fused-ring (bicyclic) bond motifs is 1. The average molecular weight is 410 g/mol. The van der Waals surface area contributed by atoms with Gasteiger partial charge in [-0.25, -0.2) is 4.39 Å². The van der Waals surface area contributed by atoms with E-state index in [2.05, 4.69) is 15.6 Å². The normalized spacial score (nSPS) is 11.7. The van der Waals surface area contributed by atoms with E-state index >= 15 is 0 Å². The average Bonchev–Trinajstić information content (AvgIpc) is 3.09. The molecule has 1 aromatic heterocycles. The molecule has 3 rings (SSSR count). The molecule has 1 heterocycles. The first kappa shape index (κ1) is 21.0. The number of nitrogens with zero attached hydrogens (tertiary/aromatic N) is 1. The van der Waals surface area contributed by atoms with Crippen LogP contribution in [0.25, 0.3) is 10.9 Å². The van der Waals surface area contributed by atoms with E-state index in [1.54, 1.807) is 6.07 Å². The number of rotatable bonds is 7. The number of likely N-dealkylation sites (N-methyl/N-ethyl adjacent to an activating group) is 1. The number of halogens is 1. The summed E-state index contributed by atoms with van der Waals surface area (Å²) in [5, 5.41) is 6.19. The van der Waals surface area contributed by atoms with Crippen LogP contribution in [0.5, 0.6) is 0 Å². The maximum atomic E-state index is 13.3. The molecule has 0 aliphatic carbocycles. The van der Waals surface area contributed by atoms with E-state index in [0.29, 0.717) is 5.69 Å². The summed E-state index contributed by atoms with van der Waals surface area (Å²) in [6, 6.07) is 12.3. The molecule has 0 aliphatic heterocycles. The molecule has 0 aliphatic rings. The van der Waals surface area contributed by atoms with Gasteiger partial charge >= 0.3 is 0 Å². The summed E-state index contributed by atoms with van der Waals surface area (Å²) in [6.45, 7) is 1.10. The third-order valence-corrected chi connectivity index (χ3v) is 4.64. The SMILES string of the molecule is CC(=O)N[C@H](Cc1c[nH]c2ccccc12)C(=O)N(C)CC(=O)Nc1cccc(F)c1. The standard InChI is InChI=1S/C22H23FN4O3/c1-14(28)25-20(10-15-12-24-19-9-4-3-8-18(15)19)22(30)27(2)13-21(29)26-17-7-5-6-16(23)11-17/h3-9,11-12,20,24H,10,13H2,1-2H3,(H,25,28)(H,26,29)/t20-/m1/s1. The number of amides is 3. The van der Waals surface area contributed by atoms with Crippen molar-refractivity contribution in [2.24, 2.45) is 0 Å². The first-order valence-electron chi connectivity index (χ1n) is 9.46. The molecular formula is C22H23FN4O3. The number of H-pyrrole nitrogens is 1. The number of aromatic amines is 1. The van der Waals surface area contributed by atoms with E-state index in [1.165, 1.54) is 37.1 Å². The van der Waals surface area contributed by atoms with Crippen LogP contribution in [0, 0.1) is 5.82 Å². The molecule has 2 aromatic carbocycles. The van der Waals surface area contributed by atoms with Crippen molar-refractivity contribution in [1.82, 2.24) is 15.2 Å². The van der Waals surface area contributed by atoms with Crippen molar-refractivity contribution in [1.29, 1.82) is 0 Å². The fourth-order valence-electron chi connectivity index (χ4n) is 3.29. The Morgan fingerprint density at radius 3 is 2.63 bits per heavy atom. The van der Waals surface area contributed by atoms with Crippen LogP contribution < -0.4 is 10.6 Å². The van der Waals surface area contributed by atoms with E-state index in [9.17, 15) is 18.8 Å². The van der Waals surface area contributed by atoms with Crippen LogP contribution in [0.4, 0.5) is 10.1 Å². The number of hydrogen-bond donors (Lipinski definition) is 3. The van der Waals surface area contributed by atoms with Crippen molar-refractivity contribution in [3.8, 4) is 0 Å². The number of benzene rings is 2. The van der Waals surface area contributed by atoms with Gasteiger partial charge in [-0.1, -0.05) is 24.3 Å². The van der Waals surface area contributed by atoms with E-state index in [-0.39, 0.29) is 18.9 Å². The fraction of sp³-hybridized carbons (Fsp3) is 0.227. The van der Waals surface area contributed by atoms with E-state index in [4.69, 9.17) is 0 Å². The van der Waals surface area contributed by atoms with Gasteiger partial charge in [0.15, 0.2) is 0 Å². The Labute approximate surface area is 173 Å². The highest BCUT2D eigenvalue weighted by Gasteiger charge is 2.25. The van der Waals surface area contributed by atoms with Crippen molar-refractivity contribution in [3.63, 3.8) is 0 Å². The molecule has 0 saturated carbocycles. The maximum Gasteiger partial charge on any atom is 0.245 e. The molecule has 0 radical (unpaired) electrons. The lowest BCUT2D eigenvalue weighted by atomic mass is 10.0. The highest BCUT2D eigenvalue weighted by Crippen LogP contribution is 2.19. The summed E-state index contributed by atoms with van der Waals surface area (Å²) in [4.78, 5) is 41.3. The summed E-state index contributed by atoms with van der Waals surface area (Å²) in [7, 11) is 1.48. The molecule has 0 saturated heterocycles. The second-order valence-electron chi connectivity index (χ2n) is 7.07. The van der Waals surface area contributed by atoms with Gasteiger partial charge in [-0.2, -0.15) is 0 Å². The molecule has 7 nitrogen and oxygen atoms in total. The summed E-state index contributed by atoms with van der Waals surface area (Å²) in [6.07, 6.45) is 2.09. The van der Waals surface area contributed by atoms with Crippen LogP contribution in [0.3, 0.4) is 0 Å². The molecule has 0 fully saturated rings. The van der Waals surface area contributed by atoms with Crippen molar-refractivity contribution < 1.29 is 18.8 Å². The summed E-state index contributed by atoms with van der Waals surface area (Å²) in [5.41, 5.74) is 2.12. The van der Waals surface area contributed by atoms with Crippen LogP contribution in [0.1, 0.15) is 12.5 Å². The summed E-state index contributed by atoms with van der Waals surface area (Å²) in [5.74, 6) is -1.68. The lowest BCUT2D eigenvalue weighted by Gasteiger charge is -2.24. The Morgan fingerprint density at radius 1 is 1.13 bits per heavy atom. The molecule has 0 bridgehead atoms. The first-order chi connectivity index (χ1) is 14.3. The number of aromatic nitrogens is 1. The Hall–Kier alpha value is -3.68. The Balaban J connectivity index is 1.69. The second kappa shape index (κ2) is 9.21. The smallest absolute Gasteiger partial charge is 0.245 e. The zero-order valence-corrected chi connectivity index (χ0v) is 16.7. The van der Waals surface area contributed by atoms with Gasteiger partial charge in [0.25, 0.3) is 0 Å². The Bertz CT molecular complexity index is 1080. The first-order valence-corrected chi connectivity index (χ1v) is 9.46. The van der Waals surface area contributed by atoms with Gasteiger partial charge in [0.05, 0.1) is 6.54 Å². The van der Waals surface area contributed by atoms with Crippen LogP contribution in [0.15, 0.2) is 54.7 Å². The van der Waals surface area contributed by atoms with Gasteiger partial charge in [0.2, 0.25) is 17.7 Å². The fourth-order valence-corrected chi connectivity index (χ4v) is 3.29. The predicted molar refractivity (Wildman–Crippen MR) is 112 cm³/mol. The monoisotopic (exact) mass is 410 g/mol. The Kier molecular flexibility index (Phi) is 6.46. The minimum Gasteiger partial charge on any atom is -0.361 e. The van der Waals surface area contributed by atoms with Gasteiger partial charge in [-0.15, -0.1) is 0 Å². The van der Waals surface area contributed by atoms with Crippen molar-refractivity contribution in [2.75, 3.05) is 18.9 Å². The molecule has 3 aromatic rings. The number of carbonyl (C=O) groups is 3. The lowest BCUT2D eigenvalue weighted by Crippen LogP contribution is -2.49. The van der Waals surface area contributed by atoms with Crippen LogP contribution in [-0.4, -0.2) is 47.2 Å². The molecule has 0 unspecified atom stereocenters. The summed E-state index contributed by atoms with van der Waals surface area (Å²) < 4.78 is 13.3. The largest absolute Gasteiger partial charge is 0.361 e. The van der Waals surface area contributed by atoms with Crippen molar-refractivity contribution in [2.45, 2.75) is 19.4 Å². The minimum atomic E-state index is -0.825. The number of hydrogen-bond acceptors (Lipinski definition) is 3. The third kappa shape index (κ3) is 5.22.